The molecule has 0 unspecified atom stereocenters. The molecule has 0 spiro atoms. The number of nitrogens with zero attached hydrogens (tertiary/aromatic N) is 2. The maximum absolute atomic E-state index is 14.0. The standard InChI is InChI=1S/C37H54ClN2O3S.HI/c1-4-6-7-8-9-10-11-12-13-14-15-18-29-43-37-33(20-19-22-36(37)38)30-40(31-34-21-16-17-28-39(34)27-5-2)44(41,42)35-25-23-32(3)24-26-35;/h16-17,19-26,28H,4-15,18,27,29-31H2,1-3H3;1H/q+1;/p-1. The number of aryl methyl sites for hydroxylation is 2. The van der Waals surface area contributed by atoms with Crippen molar-refractivity contribution in [2.24, 2.45) is 0 Å². The lowest BCUT2D eigenvalue weighted by atomic mass is 10.1. The second kappa shape index (κ2) is 22.0. The van der Waals surface area contributed by atoms with Crippen LogP contribution in [0.2, 0.25) is 5.02 Å². The van der Waals surface area contributed by atoms with Crippen molar-refractivity contribution < 1.29 is 41.7 Å². The molecule has 1 heterocycles. The summed E-state index contributed by atoms with van der Waals surface area (Å²) in [5.74, 6) is 0.579. The number of benzene rings is 2. The molecule has 0 aliphatic carbocycles. The van der Waals surface area contributed by atoms with Crippen LogP contribution in [-0.4, -0.2) is 19.3 Å². The third-order valence-electron chi connectivity index (χ3n) is 8.14. The first-order valence-electron chi connectivity index (χ1n) is 16.8. The van der Waals surface area contributed by atoms with Gasteiger partial charge in [-0.1, -0.05) is 132 Å². The third-order valence-corrected chi connectivity index (χ3v) is 10.2. The largest absolute Gasteiger partial charge is 1.00 e. The second-order valence-corrected chi connectivity index (χ2v) is 14.3. The summed E-state index contributed by atoms with van der Waals surface area (Å²) < 4.78 is 38.0. The Kier molecular flexibility index (Phi) is 19.3. The summed E-state index contributed by atoms with van der Waals surface area (Å²) >= 11 is 6.64. The Bertz CT molecular complexity index is 1350. The van der Waals surface area contributed by atoms with Gasteiger partial charge in [0.1, 0.15) is 12.3 Å². The Morgan fingerprint density at radius 3 is 1.98 bits per heavy atom. The van der Waals surface area contributed by atoms with Crippen molar-refractivity contribution in [1.82, 2.24) is 4.31 Å². The molecule has 0 aliphatic rings. The average molecular weight is 769 g/mol. The number of unbranched alkanes of at least 4 members (excludes halogenated alkanes) is 11. The highest BCUT2D eigenvalue weighted by molar-refractivity contribution is 7.89. The zero-order chi connectivity index (χ0) is 31.6. The maximum atomic E-state index is 14.0. The summed E-state index contributed by atoms with van der Waals surface area (Å²) in [6, 6.07) is 18.6. The molecule has 45 heavy (non-hydrogen) atoms. The SMILES string of the molecule is CCCCCCCCCCCCCCOc1c(Cl)cccc1CN(Cc1cccc[n+]1CCC)S(=O)(=O)c1ccc(C)cc1.[I-]. The van der Waals surface area contributed by atoms with E-state index in [4.69, 9.17) is 16.3 Å². The van der Waals surface area contributed by atoms with Crippen LogP contribution in [0.4, 0.5) is 0 Å². The highest BCUT2D eigenvalue weighted by Crippen LogP contribution is 2.32. The second-order valence-electron chi connectivity index (χ2n) is 11.9. The zero-order valence-electron chi connectivity index (χ0n) is 27.7. The van der Waals surface area contributed by atoms with E-state index >= 15 is 0 Å². The minimum absolute atomic E-state index is 0. The van der Waals surface area contributed by atoms with Crippen LogP contribution in [0, 0.1) is 6.92 Å². The summed E-state index contributed by atoms with van der Waals surface area (Å²) in [6.45, 7) is 8.12. The Balaban J connectivity index is 0.00000705. The van der Waals surface area contributed by atoms with E-state index in [1.165, 1.54) is 64.2 Å². The number of para-hydroxylation sites is 1. The van der Waals surface area contributed by atoms with Gasteiger partial charge in [-0.15, -0.1) is 0 Å². The monoisotopic (exact) mass is 768 g/mol. The van der Waals surface area contributed by atoms with Crippen LogP contribution >= 0.6 is 11.6 Å². The Morgan fingerprint density at radius 1 is 0.733 bits per heavy atom. The molecule has 3 aromatic rings. The fraction of sp³-hybridized carbons (Fsp3) is 0.541. The van der Waals surface area contributed by atoms with E-state index in [9.17, 15) is 8.42 Å². The highest BCUT2D eigenvalue weighted by atomic mass is 127. The molecule has 5 nitrogen and oxygen atoms in total. The van der Waals surface area contributed by atoms with E-state index in [1.807, 2.05) is 61.7 Å². The lowest BCUT2D eigenvalue weighted by molar-refractivity contribution is -0.704. The Morgan fingerprint density at radius 2 is 1.36 bits per heavy atom. The van der Waals surface area contributed by atoms with Gasteiger partial charge in [0.15, 0.2) is 11.9 Å². The molecule has 0 amide bonds. The number of rotatable bonds is 22. The van der Waals surface area contributed by atoms with E-state index in [0.29, 0.717) is 17.4 Å². The molecule has 1 aromatic heterocycles. The van der Waals surface area contributed by atoms with Gasteiger partial charge in [0.2, 0.25) is 10.0 Å². The van der Waals surface area contributed by atoms with Gasteiger partial charge < -0.3 is 28.7 Å². The molecule has 3 rings (SSSR count). The van der Waals surface area contributed by atoms with Gasteiger partial charge in [-0.25, -0.2) is 13.0 Å². The number of hydrogen-bond donors (Lipinski definition) is 0. The van der Waals surface area contributed by atoms with Gasteiger partial charge >= 0.3 is 0 Å². The van der Waals surface area contributed by atoms with Crippen LogP contribution in [0.25, 0.3) is 0 Å². The van der Waals surface area contributed by atoms with Crippen LogP contribution in [0.1, 0.15) is 114 Å². The third kappa shape index (κ3) is 13.5. The summed E-state index contributed by atoms with van der Waals surface area (Å²) in [6.07, 6.45) is 18.4. The van der Waals surface area contributed by atoms with Crippen molar-refractivity contribution in [3.05, 3.63) is 88.7 Å². The summed E-state index contributed by atoms with van der Waals surface area (Å²) in [7, 11) is -3.80. The Hall–Kier alpha value is -1.68. The molecular weight excluding hydrogens is 715 g/mol. The first kappa shape index (κ1) is 39.5. The number of halogens is 2. The molecule has 0 N–H and O–H groups in total. The van der Waals surface area contributed by atoms with Crippen LogP contribution in [0.15, 0.2) is 71.8 Å². The smallest absolute Gasteiger partial charge is 0.243 e. The molecule has 2 aromatic carbocycles. The van der Waals surface area contributed by atoms with Crippen LogP contribution in [-0.2, 0) is 29.7 Å². The van der Waals surface area contributed by atoms with E-state index in [-0.39, 0.29) is 42.0 Å². The summed E-state index contributed by atoms with van der Waals surface area (Å²) in [4.78, 5) is 0.280. The minimum Gasteiger partial charge on any atom is -1.00 e. The lowest BCUT2D eigenvalue weighted by Gasteiger charge is -2.23. The minimum atomic E-state index is -3.80. The highest BCUT2D eigenvalue weighted by Gasteiger charge is 2.29. The van der Waals surface area contributed by atoms with Crippen molar-refractivity contribution in [2.45, 2.75) is 129 Å². The zero-order valence-corrected chi connectivity index (χ0v) is 31.4. The van der Waals surface area contributed by atoms with Gasteiger partial charge in [-0.2, -0.15) is 4.31 Å². The van der Waals surface area contributed by atoms with Gasteiger partial charge in [-0.05, 0) is 31.5 Å². The van der Waals surface area contributed by atoms with Crippen molar-refractivity contribution in [1.29, 1.82) is 0 Å². The number of sulfonamides is 1. The van der Waals surface area contributed by atoms with Crippen LogP contribution in [0.5, 0.6) is 5.75 Å². The van der Waals surface area contributed by atoms with E-state index in [1.54, 1.807) is 16.4 Å². The van der Waals surface area contributed by atoms with Gasteiger partial charge in [0.25, 0.3) is 0 Å². The number of pyridine rings is 1. The topological polar surface area (TPSA) is 50.5 Å². The quantitative estimate of drug-likeness (QED) is 0.0641. The van der Waals surface area contributed by atoms with Crippen LogP contribution < -0.4 is 33.3 Å². The van der Waals surface area contributed by atoms with E-state index in [0.717, 1.165) is 42.6 Å². The molecule has 8 heteroatoms. The number of hydrogen-bond acceptors (Lipinski definition) is 3. The number of aromatic nitrogens is 1. The predicted molar refractivity (Wildman–Crippen MR) is 183 cm³/mol. The number of ether oxygens (including phenoxy) is 1. The fourth-order valence-corrected chi connectivity index (χ4v) is 7.17. The molecule has 0 aliphatic heterocycles. The van der Waals surface area contributed by atoms with Crippen molar-refractivity contribution in [3.63, 3.8) is 0 Å². The molecule has 0 atom stereocenters. The normalized spacial score (nSPS) is 11.5. The molecule has 0 bridgehead atoms. The van der Waals surface area contributed by atoms with Crippen molar-refractivity contribution in [2.75, 3.05) is 6.61 Å². The summed E-state index contributed by atoms with van der Waals surface area (Å²) in [5, 5.41) is 0.509. The molecule has 0 radical (unpaired) electrons. The predicted octanol–water partition coefficient (Wildman–Crippen LogP) is 6.82. The average Bonchev–Trinajstić information content (AvgIpc) is 3.01. The first-order valence-corrected chi connectivity index (χ1v) is 18.6. The summed E-state index contributed by atoms with van der Waals surface area (Å²) in [5.41, 5.74) is 2.72. The molecule has 250 valence electrons. The van der Waals surface area contributed by atoms with Gasteiger partial charge in [0.05, 0.1) is 23.1 Å². The van der Waals surface area contributed by atoms with E-state index < -0.39 is 10.0 Å². The van der Waals surface area contributed by atoms with Gasteiger partial charge in [0, 0.05) is 30.7 Å². The fourth-order valence-electron chi connectivity index (χ4n) is 5.53. The molecule has 0 saturated heterocycles. The van der Waals surface area contributed by atoms with Crippen LogP contribution in [0.3, 0.4) is 0 Å². The molecular formula is C37H54ClIN2O3S. The first-order chi connectivity index (χ1) is 21.4. The van der Waals surface area contributed by atoms with E-state index in [2.05, 4.69) is 18.4 Å². The van der Waals surface area contributed by atoms with Gasteiger partial charge in [-0.3, -0.25) is 0 Å². The maximum Gasteiger partial charge on any atom is 0.243 e. The Labute approximate surface area is 295 Å². The van der Waals surface area contributed by atoms with Crippen molar-refractivity contribution >= 4 is 21.6 Å². The van der Waals surface area contributed by atoms with Crippen molar-refractivity contribution in [3.8, 4) is 5.75 Å². The molecule has 0 fully saturated rings. The molecule has 0 saturated carbocycles. The lowest BCUT2D eigenvalue weighted by Crippen LogP contribution is -3.00.